The molecule has 3 heteroatoms. The number of benzene rings is 1. The molecular weight excluding hydrogens is 178 g/mol. The quantitative estimate of drug-likeness (QED) is 0.727. The summed E-state index contributed by atoms with van der Waals surface area (Å²) in [6, 6.07) is 9.63. The lowest BCUT2D eigenvalue weighted by Crippen LogP contribution is -1.88. The van der Waals surface area contributed by atoms with Crippen molar-refractivity contribution in [1.29, 1.82) is 0 Å². The van der Waals surface area contributed by atoms with Gasteiger partial charge in [0.05, 0.1) is 0 Å². The molecule has 3 nitrogen and oxygen atoms in total. The summed E-state index contributed by atoms with van der Waals surface area (Å²) in [5.74, 6) is 0.240. The number of nitrogens with zero attached hydrogens (tertiary/aromatic N) is 1. The lowest BCUT2D eigenvalue weighted by molar-refractivity contribution is 0.0807. The van der Waals surface area contributed by atoms with Crippen molar-refractivity contribution in [2.75, 3.05) is 0 Å². The molecule has 0 aliphatic rings. The molecule has 0 saturated carbocycles. The van der Waals surface area contributed by atoms with Gasteiger partial charge in [0, 0.05) is 5.56 Å². The molecule has 1 aromatic heterocycles. The molecule has 2 aromatic rings. The Kier molecular flexibility index (Phi) is 2.33. The molecule has 1 atom stereocenters. The van der Waals surface area contributed by atoms with Crippen LogP contribution >= 0.6 is 0 Å². The lowest BCUT2D eigenvalue weighted by Gasteiger charge is -1.93. The summed E-state index contributed by atoms with van der Waals surface area (Å²) in [5.41, 5.74) is 1.67. The van der Waals surface area contributed by atoms with Crippen LogP contribution in [0.25, 0.3) is 11.3 Å². The molecule has 0 aliphatic heterocycles. The maximum atomic E-state index is 11.0. The largest absolute Gasteiger partial charge is 0.445 e. The Labute approximate surface area is 82.0 Å². The van der Waals surface area contributed by atoms with Crippen LogP contribution in [0.5, 0.6) is 0 Å². The summed E-state index contributed by atoms with van der Waals surface area (Å²) >= 11 is 0. The summed E-state index contributed by atoms with van der Waals surface area (Å²) in [4.78, 5) is 4.10. The number of rotatable bonds is 2. The first-order valence-corrected chi connectivity index (χ1v) is 4.44. The summed E-state index contributed by atoms with van der Waals surface area (Å²) in [6.07, 6.45) is 0.603. The second kappa shape index (κ2) is 3.64. The summed E-state index contributed by atoms with van der Waals surface area (Å²) < 4.78 is 5.06. The van der Waals surface area contributed by atoms with Crippen molar-refractivity contribution in [2.45, 2.75) is 13.0 Å². The minimum atomic E-state index is -0.910. The van der Waals surface area contributed by atoms with Crippen LogP contribution in [0.1, 0.15) is 18.9 Å². The van der Waals surface area contributed by atoms with Crippen LogP contribution in [-0.2, 0) is 5.11 Å². The van der Waals surface area contributed by atoms with Gasteiger partial charge >= 0.3 is 0 Å². The molecule has 71 valence electrons. The Balaban J connectivity index is 2.34. The molecule has 2 rings (SSSR count). The second-order valence-corrected chi connectivity index (χ2v) is 3.08. The monoisotopic (exact) mass is 188 g/mol. The van der Waals surface area contributed by atoms with E-state index in [-0.39, 0.29) is 5.89 Å². The highest BCUT2D eigenvalue weighted by atomic mass is 16.4. The minimum absolute atomic E-state index is 0.240. The van der Waals surface area contributed by atoms with Crippen LogP contribution in [0.3, 0.4) is 0 Å². The molecule has 1 heterocycles. The molecule has 0 N–H and O–H groups in total. The van der Waals surface area contributed by atoms with E-state index in [1.54, 1.807) is 0 Å². The Hall–Kier alpha value is -1.61. The van der Waals surface area contributed by atoms with E-state index >= 15 is 0 Å². The third-order valence-electron chi connectivity index (χ3n) is 1.94. The number of oxazole rings is 1. The van der Waals surface area contributed by atoms with E-state index in [1.165, 1.54) is 13.2 Å². The van der Waals surface area contributed by atoms with Crippen LogP contribution in [0.2, 0.25) is 0 Å². The first-order chi connectivity index (χ1) is 6.77. The molecule has 0 saturated heterocycles. The van der Waals surface area contributed by atoms with Gasteiger partial charge in [0.1, 0.15) is 12.0 Å². The predicted molar refractivity (Wildman–Crippen MR) is 51.0 cm³/mol. The van der Waals surface area contributed by atoms with Crippen molar-refractivity contribution >= 4 is 0 Å². The molecule has 14 heavy (non-hydrogen) atoms. The zero-order chi connectivity index (χ0) is 9.97. The van der Waals surface area contributed by atoms with Crippen molar-refractivity contribution in [3.63, 3.8) is 0 Å². The third-order valence-corrected chi connectivity index (χ3v) is 1.94. The van der Waals surface area contributed by atoms with Crippen LogP contribution < -0.4 is 0 Å². The second-order valence-electron chi connectivity index (χ2n) is 3.08. The highest BCUT2D eigenvalue weighted by molar-refractivity contribution is 5.57. The maximum absolute atomic E-state index is 11.0. The molecule has 0 aliphatic carbocycles. The van der Waals surface area contributed by atoms with Gasteiger partial charge in [-0.3, -0.25) is 0 Å². The van der Waals surface area contributed by atoms with E-state index in [2.05, 4.69) is 4.98 Å². The molecule has 0 spiro atoms. The Morgan fingerprint density at radius 3 is 2.57 bits per heavy atom. The standard InChI is InChI=1S/C11H10NO2/c1-8(13)11-12-10(7-14-11)9-5-3-2-4-6-9/h2-8H,1H3. The van der Waals surface area contributed by atoms with Gasteiger partial charge in [0.15, 0.2) is 6.10 Å². The molecule has 0 fully saturated rings. The minimum Gasteiger partial charge on any atom is -0.445 e. The van der Waals surface area contributed by atoms with Gasteiger partial charge in [-0.1, -0.05) is 30.3 Å². The third kappa shape index (κ3) is 1.67. The zero-order valence-corrected chi connectivity index (χ0v) is 7.81. The van der Waals surface area contributed by atoms with Crippen molar-refractivity contribution < 1.29 is 9.52 Å². The Morgan fingerprint density at radius 1 is 1.29 bits per heavy atom. The van der Waals surface area contributed by atoms with Crippen molar-refractivity contribution in [2.24, 2.45) is 0 Å². The molecule has 1 aromatic carbocycles. The maximum Gasteiger partial charge on any atom is 0.226 e. The zero-order valence-electron chi connectivity index (χ0n) is 7.81. The lowest BCUT2D eigenvalue weighted by atomic mass is 10.2. The van der Waals surface area contributed by atoms with Crippen LogP contribution in [0.15, 0.2) is 41.0 Å². The van der Waals surface area contributed by atoms with Gasteiger partial charge in [-0.05, 0) is 6.92 Å². The average Bonchev–Trinajstić information content (AvgIpc) is 2.68. The van der Waals surface area contributed by atoms with Gasteiger partial charge < -0.3 is 4.42 Å². The first kappa shape index (κ1) is 8.97. The Morgan fingerprint density at radius 2 is 2.00 bits per heavy atom. The van der Waals surface area contributed by atoms with Gasteiger partial charge in [0.25, 0.3) is 0 Å². The van der Waals surface area contributed by atoms with E-state index in [1.807, 2.05) is 30.3 Å². The number of aromatic nitrogens is 1. The molecule has 0 amide bonds. The fourth-order valence-corrected chi connectivity index (χ4v) is 1.22. The fraction of sp³-hybridized carbons (Fsp3) is 0.182. The normalized spacial score (nSPS) is 12.7. The van der Waals surface area contributed by atoms with E-state index in [4.69, 9.17) is 4.42 Å². The van der Waals surface area contributed by atoms with Crippen molar-refractivity contribution in [3.05, 3.63) is 42.5 Å². The smallest absolute Gasteiger partial charge is 0.226 e. The predicted octanol–water partition coefficient (Wildman–Crippen LogP) is 2.83. The summed E-state index contributed by atoms with van der Waals surface area (Å²) in [5, 5.41) is 11.0. The van der Waals surface area contributed by atoms with Crippen LogP contribution in [0.4, 0.5) is 0 Å². The van der Waals surface area contributed by atoms with E-state index < -0.39 is 6.10 Å². The van der Waals surface area contributed by atoms with E-state index in [0.29, 0.717) is 5.69 Å². The van der Waals surface area contributed by atoms with Crippen LogP contribution in [-0.4, -0.2) is 4.98 Å². The summed E-state index contributed by atoms with van der Waals surface area (Å²) in [6.45, 7) is 1.51. The highest BCUT2D eigenvalue weighted by Gasteiger charge is 2.10. The number of hydrogen-bond acceptors (Lipinski definition) is 2. The van der Waals surface area contributed by atoms with Gasteiger partial charge in [-0.2, -0.15) is 0 Å². The van der Waals surface area contributed by atoms with Crippen LogP contribution in [0, 0.1) is 0 Å². The molecular formula is C11H10NO2. The average molecular weight is 188 g/mol. The number of hydrogen-bond donors (Lipinski definition) is 0. The Bertz CT molecular complexity index is 406. The van der Waals surface area contributed by atoms with Gasteiger partial charge in [-0.25, -0.2) is 10.1 Å². The molecule has 1 unspecified atom stereocenters. The SMILES string of the molecule is CC([O])c1nc(-c2ccccc2)co1. The fourth-order valence-electron chi connectivity index (χ4n) is 1.22. The summed E-state index contributed by atoms with van der Waals surface area (Å²) in [7, 11) is 0. The highest BCUT2D eigenvalue weighted by Crippen LogP contribution is 2.20. The van der Waals surface area contributed by atoms with Crippen molar-refractivity contribution in [3.8, 4) is 11.3 Å². The molecule has 1 radical (unpaired) electrons. The topological polar surface area (TPSA) is 45.9 Å². The molecule has 0 bridgehead atoms. The van der Waals surface area contributed by atoms with Crippen molar-refractivity contribution in [1.82, 2.24) is 4.98 Å². The first-order valence-electron chi connectivity index (χ1n) is 4.44. The van der Waals surface area contributed by atoms with Gasteiger partial charge in [-0.15, -0.1) is 0 Å². The van der Waals surface area contributed by atoms with E-state index in [0.717, 1.165) is 5.56 Å². The van der Waals surface area contributed by atoms with E-state index in [9.17, 15) is 5.11 Å². The van der Waals surface area contributed by atoms with Gasteiger partial charge in [0.2, 0.25) is 5.89 Å².